The van der Waals surface area contributed by atoms with E-state index in [2.05, 4.69) is 18.3 Å². The standard InChI is InChI=1S/C11H16ClNS/c1-11(7-3-2-4-8-13-11)9-5-6-10(12)14-9/h5-6,13H,2-4,7-8H2,1H3. The first-order valence-electron chi connectivity index (χ1n) is 5.22. The molecule has 3 heteroatoms. The van der Waals surface area contributed by atoms with Crippen LogP contribution in [0.4, 0.5) is 0 Å². The molecular weight excluding hydrogens is 214 g/mol. The molecule has 0 amide bonds. The third-order valence-electron chi connectivity index (χ3n) is 2.99. The van der Waals surface area contributed by atoms with Crippen molar-refractivity contribution in [3.05, 3.63) is 21.3 Å². The van der Waals surface area contributed by atoms with Crippen LogP contribution in [0.3, 0.4) is 0 Å². The van der Waals surface area contributed by atoms with Crippen molar-refractivity contribution in [3.8, 4) is 0 Å². The van der Waals surface area contributed by atoms with Crippen molar-refractivity contribution in [3.63, 3.8) is 0 Å². The summed E-state index contributed by atoms with van der Waals surface area (Å²) in [4.78, 5) is 1.38. The molecule has 78 valence electrons. The average Bonchev–Trinajstić information content (AvgIpc) is 2.47. The Morgan fingerprint density at radius 3 is 2.93 bits per heavy atom. The summed E-state index contributed by atoms with van der Waals surface area (Å²) in [5, 5.41) is 3.64. The Morgan fingerprint density at radius 2 is 2.21 bits per heavy atom. The third-order valence-corrected chi connectivity index (χ3v) is 4.48. The van der Waals surface area contributed by atoms with Crippen molar-refractivity contribution in [1.82, 2.24) is 5.32 Å². The van der Waals surface area contributed by atoms with Crippen LogP contribution in [0.25, 0.3) is 0 Å². The van der Waals surface area contributed by atoms with Gasteiger partial charge in [-0.25, -0.2) is 0 Å². The van der Waals surface area contributed by atoms with Crippen molar-refractivity contribution in [2.45, 2.75) is 38.1 Å². The second kappa shape index (κ2) is 4.21. The Labute approximate surface area is 94.5 Å². The minimum atomic E-state index is 0.161. The molecule has 0 saturated carbocycles. The van der Waals surface area contributed by atoms with Gasteiger partial charge in [0, 0.05) is 4.88 Å². The van der Waals surface area contributed by atoms with Crippen molar-refractivity contribution in [1.29, 1.82) is 0 Å². The minimum absolute atomic E-state index is 0.161. The van der Waals surface area contributed by atoms with E-state index in [9.17, 15) is 0 Å². The highest BCUT2D eigenvalue weighted by molar-refractivity contribution is 7.16. The fraction of sp³-hybridized carbons (Fsp3) is 0.636. The summed E-state index contributed by atoms with van der Waals surface area (Å²) in [6.07, 6.45) is 5.19. The molecule has 0 radical (unpaired) electrons. The van der Waals surface area contributed by atoms with Crippen LogP contribution in [0.15, 0.2) is 12.1 Å². The van der Waals surface area contributed by atoms with E-state index in [0.29, 0.717) is 0 Å². The van der Waals surface area contributed by atoms with E-state index in [1.54, 1.807) is 11.3 Å². The molecular formula is C11H16ClNS. The number of hydrogen-bond acceptors (Lipinski definition) is 2. The second-order valence-electron chi connectivity index (χ2n) is 4.17. The highest BCUT2D eigenvalue weighted by Crippen LogP contribution is 2.35. The van der Waals surface area contributed by atoms with E-state index in [1.807, 2.05) is 6.07 Å². The number of rotatable bonds is 1. The lowest BCUT2D eigenvalue weighted by Crippen LogP contribution is -2.37. The van der Waals surface area contributed by atoms with Crippen LogP contribution in [0, 0.1) is 0 Å². The molecule has 1 atom stereocenters. The lowest BCUT2D eigenvalue weighted by molar-refractivity contribution is 0.367. The van der Waals surface area contributed by atoms with E-state index in [1.165, 1.54) is 30.6 Å². The highest BCUT2D eigenvalue weighted by atomic mass is 35.5. The third kappa shape index (κ3) is 2.13. The Hall–Kier alpha value is -0.0500. The maximum absolute atomic E-state index is 5.97. The molecule has 0 spiro atoms. The van der Waals surface area contributed by atoms with Crippen LogP contribution >= 0.6 is 22.9 Å². The monoisotopic (exact) mass is 229 g/mol. The number of halogens is 1. The van der Waals surface area contributed by atoms with E-state index in [4.69, 9.17) is 11.6 Å². The van der Waals surface area contributed by atoms with Gasteiger partial charge < -0.3 is 5.32 Å². The normalized spacial score (nSPS) is 28.7. The Morgan fingerprint density at radius 1 is 1.36 bits per heavy atom. The van der Waals surface area contributed by atoms with Gasteiger partial charge in [0.15, 0.2) is 0 Å². The van der Waals surface area contributed by atoms with Gasteiger partial charge in [-0.2, -0.15) is 0 Å². The zero-order valence-corrected chi connectivity index (χ0v) is 10.0. The van der Waals surface area contributed by atoms with Gasteiger partial charge in [-0.3, -0.25) is 0 Å². The first-order valence-corrected chi connectivity index (χ1v) is 6.41. The molecule has 0 aliphatic carbocycles. The van der Waals surface area contributed by atoms with Crippen molar-refractivity contribution < 1.29 is 0 Å². The molecule has 2 heterocycles. The molecule has 0 bridgehead atoms. The fourth-order valence-electron chi connectivity index (χ4n) is 2.05. The van der Waals surface area contributed by atoms with Gasteiger partial charge in [0.05, 0.1) is 9.88 Å². The van der Waals surface area contributed by atoms with Crippen molar-refractivity contribution >= 4 is 22.9 Å². The lowest BCUT2D eigenvalue weighted by Gasteiger charge is -2.28. The molecule has 1 saturated heterocycles. The summed E-state index contributed by atoms with van der Waals surface area (Å²) in [5.41, 5.74) is 0.161. The van der Waals surface area contributed by atoms with Crippen LogP contribution in [0.2, 0.25) is 4.34 Å². The lowest BCUT2D eigenvalue weighted by atomic mass is 9.94. The van der Waals surface area contributed by atoms with Gasteiger partial charge in [-0.1, -0.05) is 24.4 Å². The maximum atomic E-state index is 5.97. The molecule has 1 aliphatic heterocycles. The SMILES string of the molecule is CC1(c2ccc(Cl)s2)CCCCCN1. The molecule has 14 heavy (non-hydrogen) atoms. The number of nitrogens with one attached hydrogen (secondary N) is 1. The number of hydrogen-bond donors (Lipinski definition) is 1. The van der Waals surface area contributed by atoms with Crippen LogP contribution in [-0.4, -0.2) is 6.54 Å². The minimum Gasteiger partial charge on any atom is -0.307 e. The maximum Gasteiger partial charge on any atom is 0.0931 e. The molecule has 1 fully saturated rings. The summed E-state index contributed by atoms with van der Waals surface area (Å²) in [7, 11) is 0. The van der Waals surface area contributed by atoms with Gasteiger partial charge >= 0.3 is 0 Å². The van der Waals surface area contributed by atoms with E-state index < -0.39 is 0 Å². The molecule has 0 aromatic carbocycles. The average molecular weight is 230 g/mol. The zero-order chi connectivity index (χ0) is 10.0. The van der Waals surface area contributed by atoms with Gasteiger partial charge in [0.1, 0.15) is 0 Å². The Bertz CT molecular complexity index is 300. The quantitative estimate of drug-likeness (QED) is 0.773. The van der Waals surface area contributed by atoms with E-state index in [0.717, 1.165) is 10.9 Å². The number of thiophene rings is 1. The Kier molecular flexibility index (Phi) is 3.15. The largest absolute Gasteiger partial charge is 0.307 e. The summed E-state index contributed by atoms with van der Waals surface area (Å²) < 4.78 is 0.896. The molecule has 1 nitrogen and oxygen atoms in total. The first kappa shape index (κ1) is 10.5. The molecule has 1 aliphatic rings. The molecule has 1 unspecified atom stereocenters. The van der Waals surface area contributed by atoms with E-state index in [-0.39, 0.29) is 5.54 Å². The fourth-order valence-corrected chi connectivity index (χ4v) is 3.25. The zero-order valence-electron chi connectivity index (χ0n) is 8.48. The molecule has 1 N–H and O–H groups in total. The van der Waals surface area contributed by atoms with E-state index >= 15 is 0 Å². The highest BCUT2D eigenvalue weighted by Gasteiger charge is 2.28. The molecule has 1 aromatic heterocycles. The summed E-state index contributed by atoms with van der Waals surface area (Å²) in [6.45, 7) is 3.42. The molecule has 1 aromatic rings. The molecule has 2 rings (SSSR count). The van der Waals surface area contributed by atoms with Crippen molar-refractivity contribution in [2.75, 3.05) is 6.54 Å². The van der Waals surface area contributed by atoms with Gasteiger partial charge in [-0.15, -0.1) is 11.3 Å². The van der Waals surface area contributed by atoms with Gasteiger partial charge in [0.2, 0.25) is 0 Å². The van der Waals surface area contributed by atoms with Gasteiger partial charge in [-0.05, 0) is 38.4 Å². The summed E-state index contributed by atoms with van der Waals surface area (Å²) >= 11 is 7.68. The van der Waals surface area contributed by atoms with Crippen LogP contribution in [-0.2, 0) is 5.54 Å². The van der Waals surface area contributed by atoms with Crippen LogP contribution in [0.5, 0.6) is 0 Å². The topological polar surface area (TPSA) is 12.0 Å². The smallest absolute Gasteiger partial charge is 0.0931 e. The van der Waals surface area contributed by atoms with Gasteiger partial charge in [0.25, 0.3) is 0 Å². The predicted octanol–water partition coefficient (Wildman–Crippen LogP) is 3.78. The predicted molar refractivity (Wildman–Crippen MR) is 63.2 cm³/mol. The Balaban J connectivity index is 2.20. The first-order chi connectivity index (χ1) is 6.71. The summed E-state index contributed by atoms with van der Waals surface area (Å²) in [5.74, 6) is 0. The van der Waals surface area contributed by atoms with Crippen LogP contribution in [0.1, 0.15) is 37.5 Å². The second-order valence-corrected chi connectivity index (χ2v) is 5.89. The van der Waals surface area contributed by atoms with Crippen LogP contribution < -0.4 is 5.32 Å². The summed E-state index contributed by atoms with van der Waals surface area (Å²) in [6, 6.07) is 4.16. The van der Waals surface area contributed by atoms with Crippen molar-refractivity contribution in [2.24, 2.45) is 0 Å².